The summed E-state index contributed by atoms with van der Waals surface area (Å²) in [5.41, 5.74) is 0.772. The molecule has 5 rings (SSSR count). The maximum absolute atomic E-state index is 12.6. The maximum Gasteiger partial charge on any atom is 0.412 e. The normalized spacial score (nSPS) is 11.1. The molecule has 30 heavy (non-hydrogen) atoms. The van der Waals surface area contributed by atoms with Crippen LogP contribution in [0.2, 0.25) is 0 Å². The molecule has 0 aliphatic rings. The van der Waals surface area contributed by atoms with E-state index in [1.165, 1.54) is 0 Å². The predicted molar refractivity (Wildman–Crippen MR) is 118 cm³/mol. The zero-order valence-electron chi connectivity index (χ0n) is 15.9. The largest absolute Gasteiger partial charge is 0.444 e. The Kier molecular flexibility index (Phi) is 4.41. The fourth-order valence-corrected chi connectivity index (χ4v) is 3.70. The minimum Gasteiger partial charge on any atom is -0.444 e. The third-order valence-corrected chi connectivity index (χ3v) is 5.08. The van der Waals surface area contributed by atoms with Gasteiger partial charge in [-0.3, -0.25) is 5.32 Å². The molecule has 1 aromatic heterocycles. The molecule has 0 aliphatic carbocycles. The van der Waals surface area contributed by atoms with Gasteiger partial charge in [-0.1, -0.05) is 78.9 Å². The highest BCUT2D eigenvalue weighted by Crippen LogP contribution is 2.35. The number of amides is 1. The van der Waals surface area contributed by atoms with Crippen LogP contribution in [0.4, 0.5) is 10.5 Å². The number of nitrogens with one attached hydrogen (secondary N) is 1. The number of rotatable bonds is 3. The van der Waals surface area contributed by atoms with E-state index in [4.69, 9.17) is 9.15 Å². The van der Waals surface area contributed by atoms with Gasteiger partial charge in [-0.15, -0.1) is 0 Å². The summed E-state index contributed by atoms with van der Waals surface area (Å²) in [4.78, 5) is 24.8. The summed E-state index contributed by atoms with van der Waals surface area (Å²) in [5, 5.41) is 7.11. The van der Waals surface area contributed by atoms with E-state index in [1.54, 1.807) is 6.07 Å². The Bertz CT molecular complexity index is 1450. The first kappa shape index (κ1) is 17.9. The molecule has 0 unspecified atom stereocenters. The van der Waals surface area contributed by atoms with Crippen molar-refractivity contribution in [3.8, 4) is 0 Å². The smallest absolute Gasteiger partial charge is 0.412 e. The van der Waals surface area contributed by atoms with Gasteiger partial charge in [0.05, 0.1) is 0 Å². The lowest BCUT2D eigenvalue weighted by Gasteiger charge is -2.11. The van der Waals surface area contributed by atoms with Crippen molar-refractivity contribution in [2.75, 3.05) is 5.32 Å². The Labute approximate surface area is 171 Å². The summed E-state index contributed by atoms with van der Waals surface area (Å²) in [7, 11) is 0. The number of carbonyl (C=O) groups is 1. The van der Waals surface area contributed by atoms with Crippen LogP contribution in [-0.2, 0) is 11.3 Å². The van der Waals surface area contributed by atoms with E-state index in [2.05, 4.69) is 5.32 Å². The molecule has 5 aromatic rings. The lowest BCUT2D eigenvalue weighted by atomic mass is 9.98. The Morgan fingerprint density at radius 3 is 2.03 bits per heavy atom. The summed E-state index contributed by atoms with van der Waals surface area (Å²) < 4.78 is 10.9. The molecule has 0 atom stereocenters. The van der Waals surface area contributed by atoms with Crippen molar-refractivity contribution >= 4 is 44.3 Å². The van der Waals surface area contributed by atoms with Gasteiger partial charge in [0.1, 0.15) is 17.9 Å². The minimum atomic E-state index is -0.712. The van der Waals surface area contributed by atoms with Gasteiger partial charge in [0.2, 0.25) is 0 Å². The first-order valence-electron chi connectivity index (χ1n) is 9.56. The molecule has 0 spiro atoms. The second kappa shape index (κ2) is 7.37. The summed E-state index contributed by atoms with van der Waals surface area (Å²) in [6.07, 6.45) is -0.712. The zero-order chi connectivity index (χ0) is 20.5. The van der Waals surface area contributed by atoms with Crippen LogP contribution in [0.15, 0.2) is 94.1 Å². The van der Waals surface area contributed by atoms with Crippen molar-refractivity contribution in [3.05, 3.63) is 101 Å². The highest BCUT2D eigenvalue weighted by atomic mass is 16.5. The van der Waals surface area contributed by atoms with E-state index in [-0.39, 0.29) is 12.3 Å². The van der Waals surface area contributed by atoms with Crippen molar-refractivity contribution in [1.82, 2.24) is 0 Å². The molecule has 1 heterocycles. The molecule has 0 fully saturated rings. The van der Waals surface area contributed by atoms with Gasteiger partial charge < -0.3 is 9.15 Å². The molecule has 5 heteroatoms. The molecule has 0 aliphatic heterocycles. The highest BCUT2D eigenvalue weighted by Gasteiger charge is 2.15. The summed E-state index contributed by atoms with van der Waals surface area (Å²) in [6, 6.07) is 26.7. The van der Waals surface area contributed by atoms with Crippen LogP contribution in [0.3, 0.4) is 0 Å². The first-order chi connectivity index (χ1) is 14.7. The van der Waals surface area contributed by atoms with Crippen molar-refractivity contribution in [2.24, 2.45) is 0 Å². The number of hydrogen-bond acceptors (Lipinski definition) is 4. The van der Waals surface area contributed by atoms with Gasteiger partial charge in [0, 0.05) is 10.8 Å². The van der Waals surface area contributed by atoms with E-state index in [1.807, 2.05) is 78.9 Å². The molecule has 146 valence electrons. The van der Waals surface area contributed by atoms with Crippen LogP contribution in [0.1, 0.15) is 5.56 Å². The first-order valence-corrected chi connectivity index (χ1v) is 9.56. The second-order valence-electron chi connectivity index (χ2n) is 6.97. The van der Waals surface area contributed by atoms with E-state index >= 15 is 0 Å². The van der Waals surface area contributed by atoms with Gasteiger partial charge in [-0.05, 0) is 27.8 Å². The number of ether oxygens (including phenoxy) is 1. The molecule has 1 amide bonds. The maximum atomic E-state index is 12.6. The topological polar surface area (TPSA) is 68.5 Å². The molecule has 0 bridgehead atoms. The SMILES string of the molecule is O=C(Nc1cc2c3ccccc3c3ccccc3c2oc1=O)OCc1ccccc1. The lowest BCUT2D eigenvalue weighted by molar-refractivity contribution is 0.155. The van der Waals surface area contributed by atoms with Crippen LogP contribution in [0.5, 0.6) is 0 Å². The van der Waals surface area contributed by atoms with Crippen LogP contribution < -0.4 is 10.9 Å². The quantitative estimate of drug-likeness (QED) is 0.307. The standard InChI is InChI=1S/C25H17NO4/c27-24-22(26-25(28)29-15-16-8-2-1-3-9-16)14-21-19-12-5-4-10-17(19)18-11-6-7-13-20(18)23(21)30-24/h1-14H,15H2,(H,26,28). The fourth-order valence-electron chi connectivity index (χ4n) is 3.70. The Hall–Kier alpha value is -4.12. The fraction of sp³-hybridized carbons (Fsp3) is 0.0400. The molecule has 5 nitrogen and oxygen atoms in total. The number of fused-ring (bicyclic) bond motifs is 6. The summed E-state index contributed by atoms with van der Waals surface area (Å²) >= 11 is 0. The van der Waals surface area contributed by atoms with Gasteiger partial charge >= 0.3 is 11.7 Å². The van der Waals surface area contributed by atoms with E-state index < -0.39 is 11.7 Å². The number of benzene rings is 4. The molecule has 0 saturated carbocycles. The number of carbonyl (C=O) groups excluding carboxylic acids is 1. The van der Waals surface area contributed by atoms with Crippen LogP contribution in [0, 0.1) is 0 Å². The van der Waals surface area contributed by atoms with Gasteiger partial charge in [-0.25, -0.2) is 9.59 Å². The highest BCUT2D eigenvalue weighted by molar-refractivity contribution is 6.23. The van der Waals surface area contributed by atoms with E-state index in [9.17, 15) is 9.59 Å². The van der Waals surface area contributed by atoms with Gasteiger partial charge in [0.25, 0.3) is 0 Å². The average molecular weight is 395 g/mol. The van der Waals surface area contributed by atoms with Crippen LogP contribution >= 0.6 is 0 Å². The molecule has 1 N–H and O–H groups in total. The molecule has 0 saturated heterocycles. The van der Waals surface area contributed by atoms with Crippen molar-refractivity contribution < 1.29 is 13.9 Å². The molecule has 4 aromatic carbocycles. The number of anilines is 1. The van der Waals surface area contributed by atoms with Gasteiger partial charge in [0.15, 0.2) is 0 Å². The Morgan fingerprint density at radius 2 is 1.33 bits per heavy atom. The van der Waals surface area contributed by atoms with Crippen molar-refractivity contribution in [2.45, 2.75) is 6.61 Å². The van der Waals surface area contributed by atoms with Crippen LogP contribution in [-0.4, -0.2) is 6.09 Å². The Balaban J connectivity index is 1.56. The second-order valence-corrected chi connectivity index (χ2v) is 6.97. The monoisotopic (exact) mass is 395 g/mol. The summed E-state index contributed by atoms with van der Waals surface area (Å²) in [6.45, 7) is 0.110. The predicted octanol–water partition coefficient (Wildman–Crippen LogP) is 5.85. The van der Waals surface area contributed by atoms with Crippen molar-refractivity contribution in [3.63, 3.8) is 0 Å². The Morgan fingerprint density at radius 1 is 0.767 bits per heavy atom. The number of hydrogen-bond donors (Lipinski definition) is 1. The van der Waals surface area contributed by atoms with Crippen molar-refractivity contribution in [1.29, 1.82) is 0 Å². The third-order valence-electron chi connectivity index (χ3n) is 5.08. The molecular weight excluding hydrogens is 378 g/mol. The average Bonchev–Trinajstić information content (AvgIpc) is 2.79. The van der Waals surface area contributed by atoms with Gasteiger partial charge in [-0.2, -0.15) is 0 Å². The lowest BCUT2D eigenvalue weighted by Crippen LogP contribution is -2.18. The van der Waals surface area contributed by atoms with Crippen LogP contribution in [0.25, 0.3) is 32.5 Å². The van der Waals surface area contributed by atoms with E-state index in [0.717, 1.165) is 32.5 Å². The third kappa shape index (κ3) is 3.16. The van der Waals surface area contributed by atoms with E-state index in [0.29, 0.717) is 5.58 Å². The summed E-state index contributed by atoms with van der Waals surface area (Å²) in [5.74, 6) is 0. The molecular formula is C25H17NO4. The zero-order valence-corrected chi connectivity index (χ0v) is 15.9. The minimum absolute atomic E-state index is 0.0426. The molecule has 0 radical (unpaired) electrons.